The minimum atomic E-state index is -0.708. The monoisotopic (exact) mass is 201 g/mol. The second-order valence-electron chi connectivity index (χ2n) is 2.47. The van der Waals surface area contributed by atoms with Gasteiger partial charge in [-0.15, -0.1) is 0 Å². The number of hydrogen-bond acceptors (Lipinski definition) is 5. The van der Waals surface area contributed by atoms with Crippen molar-refractivity contribution in [1.82, 2.24) is 10.6 Å². The van der Waals surface area contributed by atoms with E-state index >= 15 is 0 Å². The van der Waals surface area contributed by atoms with E-state index in [1.165, 1.54) is 0 Å². The first-order valence-electron chi connectivity index (χ1n) is 4.09. The number of amides is 2. The number of hydrogen-bond donors (Lipinski definition) is 3. The standard InChI is InChI=1S/C7H11N3O4/c11-2-4-14-3-1-8-7-9-5(12)6(13)10-7/h11H,1-4H2,(H2,8,9,10,12,13). The zero-order chi connectivity index (χ0) is 10.4. The molecule has 0 bridgehead atoms. The molecule has 1 rings (SSSR count). The molecule has 14 heavy (non-hydrogen) atoms. The van der Waals surface area contributed by atoms with E-state index in [4.69, 9.17) is 9.84 Å². The lowest BCUT2D eigenvalue weighted by atomic mass is 10.6. The molecule has 1 fully saturated rings. The minimum absolute atomic E-state index is 0.0377. The first-order chi connectivity index (χ1) is 6.74. The van der Waals surface area contributed by atoms with Gasteiger partial charge in [0.25, 0.3) is 0 Å². The molecule has 0 aromatic heterocycles. The molecule has 0 radical (unpaired) electrons. The predicted molar refractivity (Wildman–Crippen MR) is 46.5 cm³/mol. The van der Waals surface area contributed by atoms with E-state index in [-0.39, 0.29) is 19.2 Å². The SMILES string of the molecule is O=C1NC(=NCCOCCO)NC1=O. The third-order valence-electron chi connectivity index (χ3n) is 1.41. The van der Waals surface area contributed by atoms with Crippen molar-refractivity contribution in [3.63, 3.8) is 0 Å². The van der Waals surface area contributed by atoms with E-state index < -0.39 is 11.8 Å². The molecule has 0 aromatic carbocycles. The first-order valence-corrected chi connectivity index (χ1v) is 4.09. The number of aliphatic imine (C=N–C) groups is 1. The Hall–Kier alpha value is -1.47. The van der Waals surface area contributed by atoms with Gasteiger partial charge in [-0.1, -0.05) is 0 Å². The van der Waals surface area contributed by atoms with Crippen LogP contribution < -0.4 is 10.6 Å². The van der Waals surface area contributed by atoms with E-state index in [1.54, 1.807) is 0 Å². The Bertz CT molecular complexity index is 246. The third kappa shape index (κ3) is 3.11. The summed E-state index contributed by atoms with van der Waals surface area (Å²) in [6.45, 7) is 0.860. The van der Waals surface area contributed by atoms with Crippen LogP contribution in [0, 0.1) is 0 Å². The second kappa shape index (κ2) is 5.30. The zero-order valence-corrected chi connectivity index (χ0v) is 7.45. The van der Waals surface area contributed by atoms with Crippen LogP contribution in [0.1, 0.15) is 0 Å². The Labute approximate surface area is 80.1 Å². The lowest BCUT2D eigenvalue weighted by Crippen LogP contribution is -2.26. The zero-order valence-electron chi connectivity index (χ0n) is 7.45. The number of rotatable bonds is 5. The summed E-state index contributed by atoms with van der Waals surface area (Å²) in [5, 5.41) is 12.9. The van der Waals surface area contributed by atoms with Crippen molar-refractivity contribution < 1.29 is 19.4 Å². The van der Waals surface area contributed by atoms with E-state index in [9.17, 15) is 9.59 Å². The lowest BCUT2D eigenvalue weighted by molar-refractivity contribution is -0.135. The van der Waals surface area contributed by atoms with Crippen molar-refractivity contribution >= 4 is 17.8 Å². The van der Waals surface area contributed by atoms with Crippen LogP contribution in [-0.4, -0.2) is 49.2 Å². The summed E-state index contributed by atoms with van der Waals surface area (Å²) in [7, 11) is 0. The highest BCUT2D eigenvalue weighted by atomic mass is 16.5. The van der Waals surface area contributed by atoms with Crippen molar-refractivity contribution in [2.75, 3.05) is 26.4 Å². The van der Waals surface area contributed by atoms with Gasteiger partial charge in [0, 0.05) is 0 Å². The molecule has 7 nitrogen and oxygen atoms in total. The molecule has 1 aliphatic heterocycles. The molecule has 1 heterocycles. The Kier molecular flexibility index (Phi) is 4.02. The van der Waals surface area contributed by atoms with Crippen LogP contribution >= 0.6 is 0 Å². The topological polar surface area (TPSA) is 100 Å². The molecular weight excluding hydrogens is 190 g/mol. The fourth-order valence-corrected chi connectivity index (χ4v) is 0.828. The number of guanidine groups is 1. The molecule has 0 aromatic rings. The van der Waals surface area contributed by atoms with Crippen LogP contribution in [0.4, 0.5) is 0 Å². The Morgan fingerprint density at radius 2 is 1.86 bits per heavy atom. The number of aliphatic hydroxyl groups excluding tert-OH is 1. The smallest absolute Gasteiger partial charge is 0.316 e. The Balaban J connectivity index is 2.19. The fourth-order valence-electron chi connectivity index (χ4n) is 0.828. The molecule has 7 heteroatoms. The lowest BCUT2D eigenvalue weighted by Gasteiger charge is -1.99. The third-order valence-corrected chi connectivity index (χ3v) is 1.41. The van der Waals surface area contributed by atoms with Crippen LogP contribution in [0.25, 0.3) is 0 Å². The van der Waals surface area contributed by atoms with E-state index in [1.807, 2.05) is 0 Å². The summed E-state index contributed by atoms with van der Waals surface area (Å²) in [4.78, 5) is 25.1. The molecule has 2 amide bonds. The van der Waals surface area contributed by atoms with Crippen molar-refractivity contribution in [2.45, 2.75) is 0 Å². The van der Waals surface area contributed by atoms with E-state index in [2.05, 4.69) is 15.6 Å². The van der Waals surface area contributed by atoms with Gasteiger partial charge in [0.2, 0.25) is 5.96 Å². The van der Waals surface area contributed by atoms with Gasteiger partial charge < -0.3 is 9.84 Å². The molecular formula is C7H11N3O4. The maximum absolute atomic E-state index is 10.7. The van der Waals surface area contributed by atoms with Gasteiger partial charge in [-0.2, -0.15) is 0 Å². The summed E-state index contributed by atoms with van der Waals surface area (Å²) in [6, 6.07) is 0. The van der Waals surface area contributed by atoms with Crippen LogP contribution in [0.5, 0.6) is 0 Å². The maximum atomic E-state index is 10.7. The quantitative estimate of drug-likeness (QED) is 0.341. The van der Waals surface area contributed by atoms with Crippen LogP contribution in [0.3, 0.4) is 0 Å². The van der Waals surface area contributed by atoms with Gasteiger partial charge in [0.05, 0.1) is 26.4 Å². The molecule has 0 atom stereocenters. The fraction of sp³-hybridized carbons (Fsp3) is 0.571. The van der Waals surface area contributed by atoms with Gasteiger partial charge >= 0.3 is 11.8 Å². The number of aliphatic hydroxyl groups is 1. The molecule has 0 aliphatic carbocycles. The van der Waals surface area contributed by atoms with Gasteiger partial charge in [0.1, 0.15) is 0 Å². The van der Waals surface area contributed by atoms with E-state index in [0.29, 0.717) is 13.2 Å². The van der Waals surface area contributed by atoms with Crippen molar-refractivity contribution in [2.24, 2.45) is 4.99 Å². The maximum Gasteiger partial charge on any atom is 0.316 e. The summed E-state index contributed by atoms with van der Waals surface area (Å²) < 4.78 is 4.91. The highest BCUT2D eigenvalue weighted by molar-refractivity contribution is 6.45. The predicted octanol–water partition coefficient (Wildman–Crippen LogP) is -2.40. The average molecular weight is 201 g/mol. The molecule has 1 aliphatic rings. The van der Waals surface area contributed by atoms with Crippen molar-refractivity contribution in [1.29, 1.82) is 0 Å². The van der Waals surface area contributed by atoms with Gasteiger partial charge in [0.15, 0.2) is 0 Å². The summed E-state index contributed by atoms with van der Waals surface area (Å²) in [5.41, 5.74) is 0. The number of nitrogens with one attached hydrogen (secondary N) is 2. The van der Waals surface area contributed by atoms with Crippen LogP contribution in [-0.2, 0) is 14.3 Å². The van der Waals surface area contributed by atoms with Gasteiger partial charge in [-0.25, -0.2) is 0 Å². The molecule has 1 saturated heterocycles. The van der Waals surface area contributed by atoms with E-state index in [0.717, 1.165) is 0 Å². The number of ether oxygens (including phenoxy) is 1. The van der Waals surface area contributed by atoms with Crippen molar-refractivity contribution in [3.05, 3.63) is 0 Å². The molecule has 3 N–H and O–H groups in total. The Morgan fingerprint density at radius 3 is 2.43 bits per heavy atom. The minimum Gasteiger partial charge on any atom is -0.394 e. The highest BCUT2D eigenvalue weighted by Gasteiger charge is 2.24. The van der Waals surface area contributed by atoms with Crippen LogP contribution in [0.15, 0.2) is 4.99 Å². The summed E-state index contributed by atoms with van der Waals surface area (Å²) in [5.74, 6) is -1.27. The number of carbonyl (C=O) groups excluding carboxylic acids is 2. The molecule has 78 valence electrons. The normalized spacial score (nSPS) is 15.4. The Morgan fingerprint density at radius 1 is 1.21 bits per heavy atom. The summed E-state index contributed by atoms with van der Waals surface area (Å²) in [6.07, 6.45) is 0. The van der Waals surface area contributed by atoms with Crippen LogP contribution in [0.2, 0.25) is 0 Å². The van der Waals surface area contributed by atoms with Gasteiger partial charge in [-0.3, -0.25) is 25.2 Å². The first kappa shape index (κ1) is 10.6. The molecule has 0 spiro atoms. The van der Waals surface area contributed by atoms with Crippen molar-refractivity contribution in [3.8, 4) is 0 Å². The molecule has 0 unspecified atom stereocenters. The van der Waals surface area contributed by atoms with Gasteiger partial charge in [-0.05, 0) is 0 Å². The molecule has 0 saturated carbocycles. The second-order valence-corrected chi connectivity index (χ2v) is 2.47. The summed E-state index contributed by atoms with van der Waals surface area (Å²) >= 11 is 0. The number of carbonyl (C=O) groups is 2. The largest absolute Gasteiger partial charge is 0.394 e. The number of nitrogens with zero attached hydrogens (tertiary/aromatic N) is 1. The average Bonchev–Trinajstić information content (AvgIpc) is 2.46. The highest BCUT2D eigenvalue weighted by Crippen LogP contribution is 1.83.